The van der Waals surface area contributed by atoms with Crippen LogP contribution in [0.25, 0.3) is 0 Å². The van der Waals surface area contributed by atoms with Crippen LogP contribution in [0.2, 0.25) is 5.02 Å². The number of nitro groups is 1. The van der Waals surface area contributed by atoms with Crippen LogP contribution < -0.4 is 15.4 Å². The summed E-state index contributed by atoms with van der Waals surface area (Å²) in [6.07, 6.45) is -4.05. The summed E-state index contributed by atoms with van der Waals surface area (Å²) in [7, 11) is 0. The number of nitro benzene ring substituents is 1. The lowest BCUT2D eigenvalue weighted by Crippen LogP contribution is -2.36. The quantitative estimate of drug-likeness (QED) is 0.158. The minimum absolute atomic E-state index is 0.0340. The van der Waals surface area contributed by atoms with Gasteiger partial charge in [0.1, 0.15) is 16.7 Å². The number of carbonyl (C=O) groups is 2. The van der Waals surface area contributed by atoms with Crippen molar-refractivity contribution < 1.29 is 32.4 Å². The second kappa shape index (κ2) is 14.4. The summed E-state index contributed by atoms with van der Waals surface area (Å²) in [5.74, 6) is -0.144. The van der Waals surface area contributed by atoms with E-state index in [0.29, 0.717) is 34.8 Å². The van der Waals surface area contributed by atoms with Gasteiger partial charge in [0, 0.05) is 36.3 Å². The molecular weight excluding hydrogens is 623 g/mol. The number of ether oxygens (including phenoxy) is 1. The number of hydrogen-bond donors (Lipinski definition) is 2. The van der Waals surface area contributed by atoms with Crippen LogP contribution in [0.5, 0.6) is 5.75 Å². The van der Waals surface area contributed by atoms with E-state index in [1.165, 1.54) is 4.90 Å². The van der Waals surface area contributed by atoms with Crippen molar-refractivity contribution in [2.45, 2.75) is 31.2 Å². The molecule has 0 aromatic heterocycles. The number of amides is 2. The maximum Gasteiger partial charge on any atom is 0.416 e. The van der Waals surface area contributed by atoms with E-state index in [4.69, 9.17) is 16.3 Å². The van der Waals surface area contributed by atoms with E-state index >= 15 is 0 Å². The monoisotopic (exact) mass is 649 g/mol. The van der Waals surface area contributed by atoms with E-state index in [2.05, 4.69) is 15.6 Å². The second-order valence-corrected chi connectivity index (χ2v) is 11.1. The van der Waals surface area contributed by atoms with Gasteiger partial charge in [0.05, 0.1) is 22.8 Å². The first-order valence-corrected chi connectivity index (χ1v) is 14.6. The molecule has 15 heteroatoms. The molecule has 0 radical (unpaired) electrons. The molecule has 4 rings (SSSR count). The van der Waals surface area contributed by atoms with E-state index in [1.54, 1.807) is 48.5 Å². The lowest BCUT2D eigenvalue weighted by Gasteiger charge is -2.18. The van der Waals surface area contributed by atoms with Gasteiger partial charge in [-0.2, -0.15) is 13.2 Å². The number of thioether (sulfide) groups is 1. The molecule has 2 amide bonds. The van der Waals surface area contributed by atoms with E-state index in [9.17, 15) is 32.9 Å². The highest BCUT2D eigenvalue weighted by Crippen LogP contribution is 2.36. The maximum absolute atomic E-state index is 13.4. The second-order valence-electron chi connectivity index (χ2n) is 9.51. The number of nitrogens with zero attached hydrogens (tertiary/aromatic N) is 3. The van der Waals surface area contributed by atoms with E-state index in [0.717, 1.165) is 30.3 Å². The molecule has 44 heavy (non-hydrogen) atoms. The molecule has 0 saturated carbocycles. The van der Waals surface area contributed by atoms with Crippen molar-refractivity contribution in [1.82, 2.24) is 4.90 Å². The highest BCUT2D eigenvalue weighted by molar-refractivity contribution is 8.15. The van der Waals surface area contributed by atoms with Gasteiger partial charge in [0.15, 0.2) is 5.17 Å². The average Bonchev–Trinajstić information content (AvgIpc) is 3.26. The molecule has 1 aliphatic rings. The van der Waals surface area contributed by atoms with Crippen molar-refractivity contribution in [3.8, 4) is 5.75 Å². The van der Waals surface area contributed by atoms with Gasteiger partial charge in [-0.05, 0) is 67.1 Å². The zero-order chi connectivity index (χ0) is 31.9. The normalized spacial score (nSPS) is 15.8. The van der Waals surface area contributed by atoms with Crippen LogP contribution in [-0.4, -0.2) is 51.8 Å². The first kappa shape index (κ1) is 32.6. The molecule has 1 atom stereocenters. The number of alkyl halides is 3. The first-order valence-electron chi connectivity index (χ1n) is 13.4. The van der Waals surface area contributed by atoms with Crippen LogP contribution >= 0.6 is 23.4 Å². The summed E-state index contributed by atoms with van der Waals surface area (Å²) in [5.41, 5.74) is -1.02. The summed E-state index contributed by atoms with van der Waals surface area (Å²) < 4.78 is 44.7. The minimum Gasteiger partial charge on any atom is -0.494 e. The van der Waals surface area contributed by atoms with E-state index < -0.39 is 39.4 Å². The van der Waals surface area contributed by atoms with Crippen molar-refractivity contribution in [3.63, 3.8) is 0 Å². The van der Waals surface area contributed by atoms with Gasteiger partial charge in [-0.15, -0.1) is 0 Å². The zero-order valence-corrected chi connectivity index (χ0v) is 24.8. The molecular formula is C29H27ClF3N5O5S. The molecule has 1 saturated heterocycles. The van der Waals surface area contributed by atoms with Crippen molar-refractivity contribution in [1.29, 1.82) is 0 Å². The molecule has 0 aliphatic carbocycles. The highest BCUT2D eigenvalue weighted by atomic mass is 35.5. The SMILES string of the molecule is CCCOc1ccc(NC(=O)C[C@@H]2SC(=Nc3ccc(Cl)cc3)N(CCNc3ccc(C(F)(F)F)cc3[N+](=O)[O-])C2=O)cc1. The Morgan fingerprint density at radius 3 is 2.48 bits per heavy atom. The van der Waals surface area contributed by atoms with Gasteiger partial charge in [-0.1, -0.05) is 30.3 Å². The Bertz CT molecular complexity index is 1540. The van der Waals surface area contributed by atoms with E-state index in [-0.39, 0.29) is 30.4 Å². The number of carbonyl (C=O) groups excluding carboxylic acids is 2. The Morgan fingerprint density at radius 1 is 1.14 bits per heavy atom. The van der Waals surface area contributed by atoms with Crippen LogP contribution in [0.1, 0.15) is 25.3 Å². The van der Waals surface area contributed by atoms with Crippen LogP contribution in [-0.2, 0) is 15.8 Å². The Balaban J connectivity index is 1.47. The molecule has 1 heterocycles. The van der Waals surface area contributed by atoms with Crippen molar-refractivity contribution >= 4 is 63.1 Å². The Kier molecular flexibility index (Phi) is 10.7. The third-order valence-corrected chi connectivity index (χ3v) is 7.65. The fourth-order valence-corrected chi connectivity index (χ4v) is 5.41. The molecule has 10 nitrogen and oxygen atoms in total. The summed E-state index contributed by atoms with van der Waals surface area (Å²) in [4.78, 5) is 42.7. The third-order valence-electron chi connectivity index (χ3n) is 6.23. The molecule has 0 bridgehead atoms. The summed E-state index contributed by atoms with van der Waals surface area (Å²) >= 11 is 7.05. The summed E-state index contributed by atoms with van der Waals surface area (Å²) in [6, 6.07) is 15.6. The van der Waals surface area contributed by atoms with Crippen molar-refractivity contribution in [2.24, 2.45) is 4.99 Å². The lowest BCUT2D eigenvalue weighted by atomic mass is 10.1. The average molecular weight is 650 g/mol. The Hall–Kier alpha value is -4.30. The maximum atomic E-state index is 13.4. The Labute approximate surface area is 259 Å². The number of anilines is 2. The van der Waals surface area contributed by atoms with Crippen molar-refractivity contribution in [3.05, 3.63) is 87.4 Å². The predicted octanol–water partition coefficient (Wildman–Crippen LogP) is 7.13. The molecule has 0 unspecified atom stereocenters. The summed E-state index contributed by atoms with van der Waals surface area (Å²) in [5, 5.41) is 16.9. The van der Waals surface area contributed by atoms with Gasteiger partial charge in [0.2, 0.25) is 11.8 Å². The number of hydrogen-bond acceptors (Lipinski definition) is 8. The van der Waals surface area contributed by atoms with E-state index in [1.807, 2.05) is 6.92 Å². The molecule has 2 N–H and O–H groups in total. The Morgan fingerprint density at radius 2 is 1.84 bits per heavy atom. The first-order chi connectivity index (χ1) is 20.9. The van der Waals surface area contributed by atoms with Gasteiger partial charge in [-0.3, -0.25) is 24.6 Å². The number of amidine groups is 1. The molecule has 1 fully saturated rings. The topological polar surface area (TPSA) is 126 Å². The van der Waals surface area contributed by atoms with Crippen LogP contribution in [0, 0.1) is 10.1 Å². The number of halogens is 4. The third kappa shape index (κ3) is 8.63. The minimum atomic E-state index is -4.75. The summed E-state index contributed by atoms with van der Waals surface area (Å²) in [6.45, 7) is 2.47. The fraction of sp³-hybridized carbons (Fsp3) is 0.276. The smallest absolute Gasteiger partial charge is 0.416 e. The zero-order valence-electron chi connectivity index (χ0n) is 23.3. The number of rotatable bonds is 12. The largest absolute Gasteiger partial charge is 0.494 e. The lowest BCUT2D eigenvalue weighted by molar-refractivity contribution is -0.384. The molecule has 1 aliphatic heterocycles. The predicted molar refractivity (Wildman–Crippen MR) is 164 cm³/mol. The van der Waals surface area contributed by atoms with Gasteiger partial charge >= 0.3 is 6.18 Å². The molecule has 0 spiro atoms. The molecule has 3 aromatic carbocycles. The van der Waals surface area contributed by atoms with Crippen LogP contribution in [0.4, 0.5) is 35.9 Å². The van der Waals surface area contributed by atoms with Gasteiger partial charge in [0.25, 0.3) is 5.69 Å². The number of aliphatic imine (C=N–C) groups is 1. The standard InChI is InChI=1S/C29H27ClF3N5O5S/c1-2-15-43-22-10-8-20(9-11-22)35-26(39)17-25-27(40)37(28(44-25)36-21-6-4-19(30)5-7-21)14-13-34-23-12-3-18(29(31,32)33)16-24(23)38(41)42/h3-12,16,25,34H,2,13-15,17H2,1H3,(H,35,39)/t25-/m0/s1. The molecule has 232 valence electrons. The van der Waals surface area contributed by atoms with Gasteiger partial charge < -0.3 is 15.4 Å². The highest BCUT2D eigenvalue weighted by Gasteiger charge is 2.39. The van der Waals surface area contributed by atoms with Crippen LogP contribution in [0.3, 0.4) is 0 Å². The van der Waals surface area contributed by atoms with Gasteiger partial charge in [-0.25, -0.2) is 4.99 Å². The van der Waals surface area contributed by atoms with Crippen molar-refractivity contribution in [2.75, 3.05) is 30.3 Å². The fourth-order valence-electron chi connectivity index (χ4n) is 4.10. The number of nitrogens with one attached hydrogen (secondary N) is 2. The van der Waals surface area contributed by atoms with Crippen LogP contribution in [0.15, 0.2) is 71.7 Å². The number of benzene rings is 3. The molecule has 3 aromatic rings.